The van der Waals surface area contributed by atoms with Gasteiger partial charge in [-0.3, -0.25) is 4.79 Å². The van der Waals surface area contributed by atoms with E-state index in [9.17, 15) is 9.90 Å². The van der Waals surface area contributed by atoms with Gasteiger partial charge in [0.05, 0.1) is 29.0 Å². The first-order valence-electron chi connectivity index (χ1n) is 10.6. The van der Waals surface area contributed by atoms with E-state index >= 15 is 0 Å². The zero-order valence-electron chi connectivity index (χ0n) is 17.9. The quantitative estimate of drug-likeness (QED) is 0.592. The van der Waals surface area contributed by atoms with Crippen LogP contribution >= 0.6 is 0 Å². The maximum absolute atomic E-state index is 12.7. The number of methoxy groups -OCH3 is 1. The summed E-state index contributed by atoms with van der Waals surface area (Å²) in [5.74, 6) is 0.623. The number of pyridine rings is 1. The van der Waals surface area contributed by atoms with Gasteiger partial charge in [0.15, 0.2) is 5.82 Å². The van der Waals surface area contributed by atoms with Gasteiger partial charge in [0.1, 0.15) is 0 Å². The summed E-state index contributed by atoms with van der Waals surface area (Å²) in [5.41, 5.74) is 2.27. The van der Waals surface area contributed by atoms with Gasteiger partial charge in [0.25, 0.3) is 5.91 Å². The third-order valence-electron chi connectivity index (χ3n) is 5.96. The number of hydrogen-bond donors (Lipinski definition) is 2. The van der Waals surface area contributed by atoms with E-state index in [1.54, 1.807) is 49.7 Å². The molecule has 2 atom stereocenters. The minimum Gasteiger partial charge on any atom is -0.493 e. The van der Waals surface area contributed by atoms with Gasteiger partial charge in [0.2, 0.25) is 5.88 Å². The molecular weight excluding hydrogens is 406 g/mol. The van der Waals surface area contributed by atoms with Gasteiger partial charge in [-0.25, -0.2) is 4.98 Å². The molecule has 8 heteroatoms. The first-order chi connectivity index (χ1) is 15.6. The van der Waals surface area contributed by atoms with Crippen LogP contribution in [0.15, 0.2) is 48.8 Å². The van der Waals surface area contributed by atoms with Crippen LogP contribution in [0.5, 0.6) is 5.88 Å². The van der Waals surface area contributed by atoms with Gasteiger partial charge < -0.3 is 15.2 Å². The molecule has 0 unspecified atom stereocenters. The molecule has 0 bridgehead atoms. The van der Waals surface area contributed by atoms with Crippen LogP contribution in [-0.4, -0.2) is 45.5 Å². The summed E-state index contributed by atoms with van der Waals surface area (Å²) < 4.78 is 6.50. The van der Waals surface area contributed by atoms with Gasteiger partial charge in [-0.15, -0.1) is 0 Å². The Hall–Kier alpha value is -3.70. The van der Waals surface area contributed by atoms with E-state index in [-0.39, 0.29) is 17.8 Å². The summed E-state index contributed by atoms with van der Waals surface area (Å²) in [6.07, 6.45) is 7.16. The van der Waals surface area contributed by atoms with Crippen molar-refractivity contribution in [3.63, 3.8) is 0 Å². The lowest BCUT2D eigenvalue weighted by atomic mass is 10.00. The topological polar surface area (TPSA) is 113 Å². The second kappa shape index (κ2) is 9.62. The van der Waals surface area contributed by atoms with Crippen molar-refractivity contribution in [3.8, 4) is 28.9 Å². The van der Waals surface area contributed by atoms with Crippen molar-refractivity contribution in [2.75, 3.05) is 13.7 Å². The Morgan fingerprint density at radius 1 is 1.25 bits per heavy atom. The van der Waals surface area contributed by atoms with Crippen LogP contribution in [0.3, 0.4) is 0 Å². The second-order valence-electron chi connectivity index (χ2n) is 7.94. The fourth-order valence-corrected chi connectivity index (χ4v) is 4.18. The van der Waals surface area contributed by atoms with Crippen LogP contribution in [0.25, 0.3) is 16.9 Å². The normalized spacial score (nSPS) is 17.8. The molecule has 1 saturated carbocycles. The fraction of sp³-hybridized carbons (Fsp3) is 0.333. The molecule has 8 nitrogen and oxygen atoms in total. The molecule has 1 aliphatic rings. The molecule has 0 saturated heterocycles. The molecule has 164 valence electrons. The molecule has 1 aliphatic carbocycles. The highest BCUT2D eigenvalue weighted by Crippen LogP contribution is 2.31. The predicted octanol–water partition coefficient (Wildman–Crippen LogP) is 3.45. The van der Waals surface area contributed by atoms with E-state index in [2.05, 4.69) is 21.5 Å². The first kappa shape index (κ1) is 21.5. The van der Waals surface area contributed by atoms with Crippen molar-refractivity contribution < 1.29 is 14.6 Å². The number of ether oxygens (including phenoxy) is 1. The average Bonchev–Trinajstić information content (AvgIpc) is 3.43. The number of benzene rings is 1. The zero-order chi connectivity index (χ0) is 22.5. The number of nitrogens with zero attached hydrogens (tertiary/aromatic N) is 4. The smallest absolute Gasteiger partial charge is 0.253 e. The van der Waals surface area contributed by atoms with Crippen molar-refractivity contribution in [1.29, 1.82) is 5.26 Å². The first-order valence-corrected chi connectivity index (χ1v) is 10.6. The van der Waals surface area contributed by atoms with E-state index in [4.69, 9.17) is 10.00 Å². The van der Waals surface area contributed by atoms with Crippen molar-refractivity contribution in [3.05, 3.63) is 59.9 Å². The summed E-state index contributed by atoms with van der Waals surface area (Å²) in [6.45, 7) is 0.700. The largest absolute Gasteiger partial charge is 0.493 e. The van der Waals surface area contributed by atoms with Crippen LogP contribution in [0, 0.1) is 17.2 Å². The molecule has 1 aromatic carbocycles. The summed E-state index contributed by atoms with van der Waals surface area (Å²) in [7, 11) is 1.69. The SMILES string of the molecule is COCC[C@H]1CCC[C@H]1NC(=O)c1ccc(-n2ncc(-c3ccc(C#N)cc3)c2O)nc1. The number of carbonyl (C=O) groups is 1. The van der Waals surface area contributed by atoms with Crippen LogP contribution < -0.4 is 5.32 Å². The number of carbonyl (C=O) groups excluding carboxylic acids is 1. The minimum absolute atomic E-state index is 0.0636. The number of aromatic hydroxyl groups is 1. The Bertz CT molecular complexity index is 1120. The number of amides is 1. The van der Waals surface area contributed by atoms with Crippen LogP contribution in [0.2, 0.25) is 0 Å². The Balaban J connectivity index is 1.46. The molecular formula is C24H25N5O3. The predicted molar refractivity (Wildman–Crippen MR) is 118 cm³/mol. The molecule has 0 aliphatic heterocycles. The second-order valence-corrected chi connectivity index (χ2v) is 7.94. The van der Waals surface area contributed by atoms with Crippen molar-refractivity contribution >= 4 is 5.91 Å². The highest BCUT2D eigenvalue weighted by Gasteiger charge is 2.28. The lowest BCUT2D eigenvalue weighted by molar-refractivity contribution is 0.0919. The van der Waals surface area contributed by atoms with Gasteiger partial charge >= 0.3 is 0 Å². The van der Waals surface area contributed by atoms with E-state index in [0.29, 0.717) is 35.0 Å². The highest BCUT2D eigenvalue weighted by molar-refractivity contribution is 5.94. The molecule has 2 N–H and O–H groups in total. The van der Waals surface area contributed by atoms with Crippen LogP contribution in [-0.2, 0) is 4.74 Å². The van der Waals surface area contributed by atoms with Crippen LogP contribution in [0.1, 0.15) is 41.6 Å². The number of hydrogen-bond acceptors (Lipinski definition) is 6. The summed E-state index contributed by atoms with van der Waals surface area (Å²) in [6, 6.07) is 12.4. The van der Waals surface area contributed by atoms with Gasteiger partial charge in [-0.2, -0.15) is 15.0 Å². The Morgan fingerprint density at radius 3 is 2.75 bits per heavy atom. The molecule has 1 amide bonds. The third-order valence-corrected chi connectivity index (χ3v) is 5.96. The monoisotopic (exact) mass is 431 g/mol. The number of nitrogens with one attached hydrogen (secondary N) is 1. The Morgan fingerprint density at radius 2 is 2.06 bits per heavy atom. The number of nitriles is 1. The van der Waals surface area contributed by atoms with Gasteiger partial charge in [-0.1, -0.05) is 18.6 Å². The Kier molecular flexibility index (Phi) is 6.47. The molecule has 3 aromatic rings. The fourth-order valence-electron chi connectivity index (χ4n) is 4.18. The molecule has 32 heavy (non-hydrogen) atoms. The number of rotatable bonds is 7. The summed E-state index contributed by atoms with van der Waals surface area (Å²) in [5, 5.41) is 26.9. The van der Waals surface area contributed by atoms with Crippen molar-refractivity contribution in [2.45, 2.75) is 31.7 Å². The molecule has 0 radical (unpaired) electrons. The molecule has 1 fully saturated rings. The molecule has 2 aromatic heterocycles. The van der Waals surface area contributed by atoms with Crippen molar-refractivity contribution in [1.82, 2.24) is 20.1 Å². The van der Waals surface area contributed by atoms with E-state index < -0.39 is 0 Å². The van der Waals surface area contributed by atoms with Gasteiger partial charge in [-0.05, 0) is 55.0 Å². The van der Waals surface area contributed by atoms with Gasteiger partial charge in [0, 0.05) is 26.0 Å². The standard InChI is InChI=1S/C24H25N5O3/c1-32-12-11-18-3-2-4-21(18)28-23(30)19-9-10-22(26-14-19)29-24(31)20(15-27-29)17-7-5-16(13-25)6-8-17/h5-10,14-15,18,21,31H,2-4,11-12H2,1H3,(H,28,30)/t18-,21-/m1/s1. The lowest BCUT2D eigenvalue weighted by Crippen LogP contribution is -2.37. The molecule has 4 rings (SSSR count). The van der Waals surface area contributed by atoms with Crippen LogP contribution in [0.4, 0.5) is 0 Å². The summed E-state index contributed by atoms with van der Waals surface area (Å²) in [4.78, 5) is 17.0. The van der Waals surface area contributed by atoms with E-state index in [1.807, 2.05) is 0 Å². The lowest BCUT2D eigenvalue weighted by Gasteiger charge is -2.20. The maximum Gasteiger partial charge on any atom is 0.253 e. The molecule has 2 heterocycles. The zero-order valence-corrected chi connectivity index (χ0v) is 17.9. The maximum atomic E-state index is 12.7. The molecule has 0 spiro atoms. The van der Waals surface area contributed by atoms with Crippen molar-refractivity contribution in [2.24, 2.45) is 5.92 Å². The summed E-state index contributed by atoms with van der Waals surface area (Å²) >= 11 is 0. The van der Waals surface area contributed by atoms with E-state index in [1.165, 1.54) is 10.9 Å². The average molecular weight is 431 g/mol. The Labute approximate surface area is 186 Å². The van der Waals surface area contributed by atoms with E-state index in [0.717, 1.165) is 31.2 Å². The third kappa shape index (κ3) is 4.48. The minimum atomic E-state index is -0.152. The number of aromatic nitrogens is 3. The highest BCUT2D eigenvalue weighted by atomic mass is 16.5.